The van der Waals surface area contributed by atoms with Crippen molar-refractivity contribution in [2.24, 2.45) is 0 Å². The Morgan fingerprint density at radius 2 is 1.71 bits per heavy atom. The molecule has 0 radical (unpaired) electrons. The Balaban J connectivity index is 2.17. The lowest BCUT2D eigenvalue weighted by molar-refractivity contribution is -0.116. The number of methoxy groups -OCH3 is 2. The van der Waals surface area contributed by atoms with Crippen molar-refractivity contribution in [1.29, 1.82) is 0 Å². The van der Waals surface area contributed by atoms with Gasteiger partial charge in [-0.25, -0.2) is 13.2 Å². The first-order chi connectivity index (χ1) is 14.6. The number of nitrogens with zero attached hydrogens (tertiary/aromatic N) is 1. The van der Waals surface area contributed by atoms with Gasteiger partial charge in [-0.15, -0.1) is 0 Å². The monoisotopic (exact) mass is 450 g/mol. The number of aryl methyl sites for hydroxylation is 1. The molecule has 0 saturated carbocycles. The maximum absolute atomic E-state index is 12.9. The number of ether oxygens (including phenoxy) is 3. The van der Waals surface area contributed by atoms with E-state index in [1.54, 1.807) is 26.0 Å². The predicted molar refractivity (Wildman–Crippen MR) is 115 cm³/mol. The minimum atomic E-state index is -3.96. The lowest BCUT2D eigenvalue weighted by atomic mass is 10.1. The fourth-order valence-electron chi connectivity index (χ4n) is 2.73. The Labute approximate surface area is 182 Å². The summed E-state index contributed by atoms with van der Waals surface area (Å²) >= 11 is 0. The second-order valence-corrected chi connectivity index (χ2v) is 8.62. The minimum absolute atomic E-state index is 0.0408. The van der Waals surface area contributed by atoms with Gasteiger partial charge in [-0.1, -0.05) is 6.07 Å². The molecule has 1 amide bonds. The number of rotatable bonds is 9. The van der Waals surface area contributed by atoms with E-state index in [0.29, 0.717) is 17.0 Å². The molecule has 0 bridgehead atoms. The molecular formula is C21H26N2O7S. The van der Waals surface area contributed by atoms with Crippen molar-refractivity contribution in [3.05, 3.63) is 47.5 Å². The van der Waals surface area contributed by atoms with Gasteiger partial charge in [0.15, 0.2) is 11.5 Å². The van der Waals surface area contributed by atoms with Crippen LogP contribution in [0.4, 0.5) is 5.69 Å². The van der Waals surface area contributed by atoms with Gasteiger partial charge in [0.2, 0.25) is 15.9 Å². The van der Waals surface area contributed by atoms with E-state index in [4.69, 9.17) is 14.2 Å². The predicted octanol–water partition coefficient (Wildman–Crippen LogP) is 2.45. The van der Waals surface area contributed by atoms with Crippen molar-refractivity contribution in [1.82, 2.24) is 4.31 Å². The van der Waals surface area contributed by atoms with Crippen molar-refractivity contribution in [3.63, 3.8) is 0 Å². The highest BCUT2D eigenvalue weighted by atomic mass is 32.2. The third-order valence-corrected chi connectivity index (χ3v) is 6.25. The summed E-state index contributed by atoms with van der Waals surface area (Å²) in [5.41, 5.74) is 1.40. The van der Waals surface area contributed by atoms with Gasteiger partial charge in [0, 0.05) is 18.8 Å². The van der Waals surface area contributed by atoms with Crippen molar-refractivity contribution in [2.45, 2.75) is 18.7 Å². The molecule has 0 fully saturated rings. The second kappa shape index (κ2) is 10.3. The Kier molecular flexibility index (Phi) is 8.01. The molecule has 0 aliphatic carbocycles. The SMILES string of the molecule is CCOC(=O)c1ccc(C)c(NC(=O)CN(C)S(=O)(=O)c2ccc(OC)c(OC)c2)c1. The molecule has 0 unspecified atom stereocenters. The molecule has 0 spiro atoms. The van der Waals surface area contributed by atoms with Crippen LogP contribution < -0.4 is 14.8 Å². The molecule has 31 heavy (non-hydrogen) atoms. The van der Waals surface area contributed by atoms with E-state index in [-0.39, 0.29) is 22.8 Å². The van der Waals surface area contributed by atoms with E-state index in [0.717, 1.165) is 4.31 Å². The highest BCUT2D eigenvalue weighted by Gasteiger charge is 2.25. The van der Waals surface area contributed by atoms with Gasteiger partial charge in [0.25, 0.3) is 0 Å². The fourth-order valence-corrected chi connectivity index (χ4v) is 3.88. The van der Waals surface area contributed by atoms with Crippen LogP contribution in [0.1, 0.15) is 22.8 Å². The number of benzene rings is 2. The number of amides is 1. The molecule has 2 rings (SSSR count). The molecule has 168 valence electrons. The summed E-state index contributed by atoms with van der Waals surface area (Å²) in [5, 5.41) is 2.65. The van der Waals surface area contributed by atoms with Gasteiger partial charge in [-0.3, -0.25) is 4.79 Å². The van der Waals surface area contributed by atoms with Gasteiger partial charge in [0.1, 0.15) is 0 Å². The van der Waals surface area contributed by atoms with Crippen molar-refractivity contribution < 1.29 is 32.2 Å². The third-order valence-electron chi connectivity index (χ3n) is 4.45. The molecule has 0 heterocycles. The smallest absolute Gasteiger partial charge is 0.338 e. The summed E-state index contributed by atoms with van der Waals surface area (Å²) < 4.78 is 41.9. The number of anilines is 1. The molecule has 1 N–H and O–H groups in total. The number of sulfonamides is 1. The van der Waals surface area contributed by atoms with E-state index in [1.165, 1.54) is 45.5 Å². The van der Waals surface area contributed by atoms with E-state index >= 15 is 0 Å². The standard InChI is InChI=1S/C21H26N2O7S/c1-6-30-21(25)15-8-7-14(2)17(11-15)22-20(24)13-23(3)31(26,27)16-9-10-18(28-4)19(12-16)29-5/h7-12H,6,13H2,1-5H3,(H,22,24). The highest BCUT2D eigenvalue weighted by Crippen LogP contribution is 2.30. The minimum Gasteiger partial charge on any atom is -0.493 e. The zero-order valence-electron chi connectivity index (χ0n) is 18.1. The maximum atomic E-state index is 12.9. The molecule has 0 aliphatic heterocycles. The number of carbonyl (C=O) groups excluding carboxylic acids is 2. The van der Waals surface area contributed by atoms with Crippen molar-refractivity contribution in [2.75, 3.05) is 39.7 Å². The topological polar surface area (TPSA) is 111 Å². The fraction of sp³-hybridized carbons (Fsp3) is 0.333. The summed E-state index contributed by atoms with van der Waals surface area (Å²) in [6.07, 6.45) is 0. The Hall–Kier alpha value is -3.11. The van der Waals surface area contributed by atoms with Crippen molar-refractivity contribution >= 4 is 27.6 Å². The molecule has 0 atom stereocenters. The highest BCUT2D eigenvalue weighted by molar-refractivity contribution is 7.89. The third kappa shape index (κ3) is 5.74. The zero-order chi connectivity index (χ0) is 23.2. The van der Waals surface area contributed by atoms with Crippen LogP contribution in [0, 0.1) is 6.92 Å². The number of nitrogens with one attached hydrogen (secondary N) is 1. The summed E-state index contributed by atoms with van der Waals surface area (Å²) in [6, 6.07) is 8.94. The molecule has 2 aromatic rings. The number of likely N-dealkylation sites (N-methyl/N-ethyl adjacent to an activating group) is 1. The van der Waals surface area contributed by atoms with E-state index in [1.807, 2.05) is 0 Å². The summed E-state index contributed by atoms with van der Waals surface area (Å²) in [4.78, 5) is 24.4. The van der Waals surface area contributed by atoms with Crippen LogP contribution in [0.25, 0.3) is 0 Å². The first-order valence-electron chi connectivity index (χ1n) is 9.40. The van der Waals surface area contributed by atoms with Gasteiger partial charge in [-0.2, -0.15) is 4.31 Å². The number of esters is 1. The van der Waals surface area contributed by atoms with E-state index in [2.05, 4.69) is 5.32 Å². The first-order valence-corrected chi connectivity index (χ1v) is 10.8. The zero-order valence-corrected chi connectivity index (χ0v) is 18.9. The number of hydrogen-bond donors (Lipinski definition) is 1. The van der Waals surface area contributed by atoms with Gasteiger partial charge >= 0.3 is 5.97 Å². The maximum Gasteiger partial charge on any atom is 0.338 e. The van der Waals surface area contributed by atoms with Crippen LogP contribution in [-0.4, -0.2) is 59.0 Å². The molecule has 2 aromatic carbocycles. The quantitative estimate of drug-likeness (QED) is 0.584. The van der Waals surface area contributed by atoms with Gasteiger partial charge in [0.05, 0.1) is 37.8 Å². The molecule has 0 aliphatic rings. The first kappa shape index (κ1) is 24.2. The van der Waals surface area contributed by atoms with Crippen molar-refractivity contribution in [3.8, 4) is 11.5 Å². The normalized spacial score (nSPS) is 11.2. The van der Waals surface area contributed by atoms with Crippen LogP contribution in [0.5, 0.6) is 11.5 Å². The molecular weight excluding hydrogens is 424 g/mol. The Bertz CT molecular complexity index is 1070. The molecule has 0 aromatic heterocycles. The average Bonchev–Trinajstić information content (AvgIpc) is 2.74. The Morgan fingerprint density at radius 1 is 1.03 bits per heavy atom. The average molecular weight is 451 g/mol. The van der Waals surface area contributed by atoms with Gasteiger partial charge in [-0.05, 0) is 43.7 Å². The van der Waals surface area contributed by atoms with Crippen LogP contribution in [0.2, 0.25) is 0 Å². The summed E-state index contributed by atoms with van der Waals surface area (Å²) in [5.74, 6) is -0.423. The molecule has 9 nitrogen and oxygen atoms in total. The van der Waals surface area contributed by atoms with E-state index < -0.39 is 28.4 Å². The molecule has 0 saturated heterocycles. The van der Waals surface area contributed by atoms with Crippen LogP contribution in [-0.2, 0) is 19.6 Å². The number of hydrogen-bond acceptors (Lipinski definition) is 7. The lowest BCUT2D eigenvalue weighted by Crippen LogP contribution is -2.35. The largest absolute Gasteiger partial charge is 0.493 e. The van der Waals surface area contributed by atoms with E-state index in [9.17, 15) is 18.0 Å². The van der Waals surface area contributed by atoms with Crippen LogP contribution in [0.15, 0.2) is 41.3 Å². The Morgan fingerprint density at radius 3 is 2.32 bits per heavy atom. The second-order valence-electron chi connectivity index (χ2n) is 6.58. The van der Waals surface area contributed by atoms with Crippen LogP contribution >= 0.6 is 0 Å². The van der Waals surface area contributed by atoms with Crippen LogP contribution in [0.3, 0.4) is 0 Å². The summed E-state index contributed by atoms with van der Waals surface area (Å²) in [7, 11) is 0.186. The molecule has 10 heteroatoms. The summed E-state index contributed by atoms with van der Waals surface area (Å²) in [6.45, 7) is 3.26. The lowest BCUT2D eigenvalue weighted by Gasteiger charge is -2.18. The number of carbonyl (C=O) groups is 2. The van der Waals surface area contributed by atoms with Gasteiger partial charge < -0.3 is 19.5 Å².